The fourth-order valence-corrected chi connectivity index (χ4v) is 3.83. The molecule has 112 valence electrons. The van der Waals surface area contributed by atoms with Crippen LogP contribution in [0.3, 0.4) is 0 Å². The molecule has 1 atom stereocenters. The van der Waals surface area contributed by atoms with Crippen LogP contribution < -0.4 is 5.73 Å². The minimum atomic E-state index is 0.210. The highest BCUT2D eigenvalue weighted by Crippen LogP contribution is 2.35. The van der Waals surface area contributed by atoms with Gasteiger partial charge in [-0.3, -0.25) is 0 Å². The van der Waals surface area contributed by atoms with Crippen molar-refractivity contribution in [3.05, 3.63) is 33.8 Å². The van der Waals surface area contributed by atoms with Crippen molar-refractivity contribution in [2.24, 2.45) is 23.5 Å². The summed E-state index contributed by atoms with van der Waals surface area (Å²) in [5.41, 5.74) is 7.54. The Kier molecular flexibility index (Phi) is 5.77. The first-order chi connectivity index (χ1) is 9.47. The topological polar surface area (TPSA) is 26.0 Å². The van der Waals surface area contributed by atoms with E-state index in [1.165, 1.54) is 25.7 Å². The number of nitrogens with two attached hydrogens (primary N) is 1. The van der Waals surface area contributed by atoms with Gasteiger partial charge in [0.2, 0.25) is 0 Å². The van der Waals surface area contributed by atoms with E-state index >= 15 is 0 Å². The minimum Gasteiger partial charge on any atom is -0.327 e. The van der Waals surface area contributed by atoms with Crippen LogP contribution in [0, 0.1) is 17.8 Å². The summed E-state index contributed by atoms with van der Waals surface area (Å²) in [6.07, 6.45) is 6.02. The molecule has 1 saturated carbocycles. The molecule has 0 spiro atoms. The molecular weight excluding hydrogens is 289 g/mol. The monoisotopic (exact) mass is 313 g/mol. The molecule has 2 rings (SSSR count). The van der Waals surface area contributed by atoms with Gasteiger partial charge in [-0.2, -0.15) is 0 Å². The van der Waals surface area contributed by atoms with Gasteiger partial charge in [0, 0.05) is 16.1 Å². The number of halogens is 2. The van der Waals surface area contributed by atoms with Crippen molar-refractivity contribution < 1.29 is 0 Å². The summed E-state index contributed by atoms with van der Waals surface area (Å²) in [7, 11) is 0. The van der Waals surface area contributed by atoms with Crippen LogP contribution in [-0.4, -0.2) is 6.04 Å². The van der Waals surface area contributed by atoms with E-state index in [-0.39, 0.29) is 6.04 Å². The maximum absolute atomic E-state index is 6.42. The molecule has 20 heavy (non-hydrogen) atoms. The molecule has 1 aliphatic carbocycles. The van der Waals surface area contributed by atoms with Crippen molar-refractivity contribution >= 4 is 23.2 Å². The van der Waals surface area contributed by atoms with Crippen molar-refractivity contribution in [2.75, 3.05) is 0 Å². The molecule has 2 N–H and O–H groups in total. The molecule has 1 aliphatic rings. The zero-order valence-corrected chi connectivity index (χ0v) is 13.9. The van der Waals surface area contributed by atoms with Crippen molar-refractivity contribution in [3.8, 4) is 0 Å². The molecule has 0 heterocycles. The van der Waals surface area contributed by atoms with Crippen LogP contribution in [0.1, 0.15) is 45.1 Å². The summed E-state index contributed by atoms with van der Waals surface area (Å²) in [4.78, 5) is 0. The Balaban J connectivity index is 1.91. The van der Waals surface area contributed by atoms with E-state index in [1.54, 1.807) is 6.07 Å². The van der Waals surface area contributed by atoms with Gasteiger partial charge in [-0.25, -0.2) is 0 Å². The molecule has 0 aromatic heterocycles. The maximum Gasteiger partial charge on any atom is 0.0453 e. The van der Waals surface area contributed by atoms with E-state index in [4.69, 9.17) is 28.9 Å². The molecule has 1 aromatic carbocycles. The molecule has 0 amide bonds. The number of rotatable bonds is 4. The second-order valence-corrected chi connectivity index (χ2v) is 7.37. The highest BCUT2D eigenvalue weighted by molar-refractivity contribution is 6.35. The summed E-state index contributed by atoms with van der Waals surface area (Å²) in [5, 5.41) is 1.42. The normalized spacial score (nSPS) is 24.9. The zero-order valence-electron chi connectivity index (χ0n) is 12.4. The molecular formula is C17H25Cl2N. The first-order valence-electron chi connectivity index (χ1n) is 7.67. The van der Waals surface area contributed by atoms with Gasteiger partial charge in [0.1, 0.15) is 0 Å². The van der Waals surface area contributed by atoms with E-state index in [2.05, 4.69) is 13.8 Å². The Morgan fingerprint density at radius 2 is 1.70 bits per heavy atom. The molecule has 0 saturated heterocycles. The van der Waals surface area contributed by atoms with Gasteiger partial charge in [0.05, 0.1) is 0 Å². The van der Waals surface area contributed by atoms with Gasteiger partial charge >= 0.3 is 0 Å². The summed E-state index contributed by atoms with van der Waals surface area (Å²) in [5.74, 6) is 2.33. The highest BCUT2D eigenvalue weighted by Gasteiger charge is 2.27. The SMILES string of the molecule is CC(C)C1CCC(C(N)Cc2ccc(Cl)cc2Cl)CC1. The summed E-state index contributed by atoms with van der Waals surface area (Å²) in [6.45, 7) is 4.66. The third-order valence-electron chi connectivity index (χ3n) is 4.84. The standard InChI is InChI=1S/C17H25Cl2N/c1-11(2)12-3-5-13(6-4-12)17(20)9-14-7-8-15(18)10-16(14)19/h7-8,10-13,17H,3-6,9,20H2,1-2H3. The predicted molar refractivity (Wildman–Crippen MR) is 88.4 cm³/mol. The lowest BCUT2D eigenvalue weighted by molar-refractivity contribution is 0.202. The van der Waals surface area contributed by atoms with E-state index in [9.17, 15) is 0 Å². The molecule has 1 aromatic rings. The number of benzene rings is 1. The number of hydrogen-bond acceptors (Lipinski definition) is 1. The van der Waals surface area contributed by atoms with E-state index < -0.39 is 0 Å². The van der Waals surface area contributed by atoms with Crippen LogP contribution in [0.15, 0.2) is 18.2 Å². The predicted octanol–water partition coefficient (Wildman–Crippen LogP) is 5.33. The molecule has 0 aliphatic heterocycles. The lowest BCUT2D eigenvalue weighted by atomic mass is 9.74. The summed E-state index contributed by atoms with van der Waals surface area (Å²) < 4.78 is 0. The lowest BCUT2D eigenvalue weighted by Gasteiger charge is -2.34. The molecule has 1 fully saturated rings. The van der Waals surface area contributed by atoms with Crippen molar-refractivity contribution in [1.82, 2.24) is 0 Å². The Morgan fingerprint density at radius 1 is 1.10 bits per heavy atom. The van der Waals surface area contributed by atoms with Gasteiger partial charge in [-0.15, -0.1) is 0 Å². The second kappa shape index (κ2) is 7.15. The molecule has 1 unspecified atom stereocenters. The van der Waals surface area contributed by atoms with Crippen LogP contribution >= 0.6 is 23.2 Å². The first kappa shape index (κ1) is 16.1. The average Bonchev–Trinajstić information content (AvgIpc) is 2.42. The fraction of sp³-hybridized carbons (Fsp3) is 0.647. The molecule has 0 radical (unpaired) electrons. The average molecular weight is 314 g/mol. The van der Waals surface area contributed by atoms with Crippen LogP contribution in [-0.2, 0) is 6.42 Å². The van der Waals surface area contributed by atoms with E-state index in [0.717, 1.165) is 28.8 Å². The second-order valence-electron chi connectivity index (χ2n) is 6.52. The molecule has 0 bridgehead atoms. The lowest BCUT2D eigenvalue weighted by Crippen LogP contribution is -2.35. The third kappa shape index (κ3) is 4.13. The van der Waals surface area contributed by atoms with Crippen LogP contribution in [0.4, 0.5) is 0 Å². The van der Waals surface area contributed by atoms with Crippen LogP contribution in [0.25, 0.3) is 0 Å². The molecule has 3 heteroatoms. The summed E-state index contributed by atoms with van der Waals surface area (Å²) >= 11 is 12.2. The maximum atomic E-state index is 6.42. The van der Waals surface area contributed by atoms with Gasteiger partial charge < -0.3 is 5.73 Å². The summed E-state index contributed by atoms with van der Waals surface area (Å²) in [6, 6.07) is 5.91. The van der Waals surface area contributed by atoms with Crippen molar-refractivity contribution in [1.29, 1.82) is 0 Å². The third-order valence-corrected chi connectivity index (χ3v) is 5.42. The first-order valence-corrected chi connectivity index (χ1v) is 8.42. The van der Waals surface area contributed by atoms with Crippen molar-refractivity contribution in [2.45, 2.75) is 52.0 Å². The van der Waals surface area contributed by atoms with Crippen LogP contribution in [0.5, 0.6) is 0 Å². The van der Waals surface area contributed by atoms with E-state index in [1.807, 2.05) is 12.1 Å². The van der Waals surface area contributed by atoms with Gasteiger partial charge in [0.15, 0.2) is 0 Å². The Morgan fingerprint density at radius 3 is 2.25 bits per heavy atom. The number of hydrogen-bond donors (Lipinski definition) is 1. The molecule has 1 nitrogen and oxygen atoms in total. The van der Waals surface area contributed by atoms with E-state index in [0.29, 0.717) is 10.9 Å². The van der Waals surface area contributed by atoms with Gasteiger partial charge in [0.25, 0.3) is 0 Å². The smallest absolute Gasteiger partial charge is 0.0453 e. The minimum absolute atomic E-state index is 0.210. The van der Waals surface area contributed by atoms with Crippen molar-refractivity contribution in [3.63, 3.8) is 0 Å². The zero-order chi connectivity index (χ0) is 14.7. The Labute approximate surface area is 132 Å². The fourth-order valence-electron chi connectivity index (χ4n) is 3.35. The van der Waals surface area contributed by atoms with Gasteiger partial charge in [-0.1, -0.05) is 43.1 Å². The quantitative estimate of drug-likeness (QED) is 0.799. The Bertz CT molecular complexity index is 437. The highest BCUT2D eigenvalue weighted by atomic mass is 35.5. The Hall–Kier alpha value is -0.240. The largest absolute Gasteiger partial charge is 0.327 e. The van der Waals surface area contributed by atoms with Crippen LogP contribution in [0.2, 0.25) is 10.0 Å². The van der Waals surface area contributed by atoms with Gasteiger partial charge in [-0.05, 0) is 67.6 Å².